The van der Waals surface area contributed by atoms with Crippen molar-refractivity contribution in [1.82, 2.24) is 4.72 Å². The molecule has 3 rings (SSSR count). The molecule has 1 aliphatic carbocycles. The van der Waals surface area contributed by atoms with E-state index >= 15 is 0 Å². The first-order valence-electron chi connectivity index (χ1n) is 11.3. The third-order valence-corrected chi connectivity index (χ3v) is 8.48. The van der Waals surface area contributed by atoms with Crippen LogP contribution in [-0.2, 0) is 14.8 Å². The molecular formula is C23H39N3O3S. The molecule has 0 spiro atoms. The Morgan fingerprint density at radius 1 is 1.00 bits per heavy atom. The average Bonchev–Trinajstić information content (AvgIpc) is 2.66. The van der Waals surface area contributed by atoms with Crippen molar-refractivity contribution >= 4 is 21.4 Å². The second-order valence-corrected chi connectivity index (χ2v) is 12.5. The van der Waals surface area contributed by atoms with E-state index in [1.54, 1.807) is 20.8 Å². The fourth-order valence-electron chi connectivity index (χ4n) is 4.32. The number of nitrogens with zero attached hydrogens (tertiary/aromatic N) is 1. The van der Waals surface area contributed by atoms with Gasteiger partial charge in [0.1, 0.15) is 0 Å². The molecule has 1 saturated carbocycles. The maximum absolute atomic E-state index is 12.4. The van der Waals surface area contributed by atoms with Gasteiger partial charge in [-0.1, -0.05) is 0 Å². The summed E-state index contributed by atoms with van der Waals surface area (Å²) in [6.45, 7) is 12.3. The lowest BCUT2D eigenvalue weighted by atomic mass is 9.86. The van der Waals surface area contributed by atoms with Crippen molar-refractivity contribution in [2.75, 3.05) is 29.9 Å². The lowest BCUT2D eigenvalue weighted by Gasteiger charge is -2.37. The fraction of sp³-hybridized carbons (Fsp3) is 0.739. The minimum Gasteiger partial charge on any atom is -0.385 e. The maximum atomic E-state index is 12.4. The van der Waals surface area contributed by atoms with Crippen LogP contribution in [0.4, 0.5) is 11.4 Å². The number of ether oxygens (including phenoxy) is 1. The minimum atomic E-state index is -3.27. The van der Waals surface area contributed by atoms with Gasteiger partial charge in [0.15, 0.2) is 0 Å². The Kier molecular flexibility index (Phi) is 7.36. The van der Waals surface area contributed by atoms with Crippen LogP contribution >= 0.6 is 0 Å². The molecule has 7 heteroatoms. The van der Waals surface area contributed by atoms with Crippen LogP contribution in [-0.4, -0.2) is 51.0 Å². The molecule has 6 nitrogen and oxygen atoms in total. The second kappa shape index (κ2) is 9.45. The van der Waals surface area contributed by atoms with E-state index in [-0.39, 0.29) is 18.2 Å². The first-order valence-corrected chi connectivity index (χ1v) is 12.8. The standard InChI is InChI=1S/C23H39N3O3S/c1-17-15-26(16-18(2)29-17)22-12-10-20(11-13-22)24-14-19-6-8-21(9-7-19)25-30(27,28)23(3,4)5/h10-13,17-19,21,24-25H,6-9,14-16H2,1-5H3/t17-,18+,19?,21?. The van der Waals surface area contributed by atoms with Gasteiger partial charge in [-0.2, -0.15) is 0 Å². The highest BCUT2D eigenvalue weighted by Crippen LogP contribution is 2.27. The Balaban J connectivity index is 1.44. The highest BCUT2D eigenvalue weighted by molar-refractivity contribution is 7.90. The SMILES string of the molecule is C[C@@H]1CN(c2ccc(NCC3CCC(NS(=O)(=O)C(C)(C)C)CC3)cc2)C[C@H](C)O1. The van der Waals surface area contributed by atoms with Crippen molar-refractivity contribution in [3.8, 4) is 0 Å². The van der Waals surface area contributed by atoms with Crippen LogP contribution in [0.15, 0.2) is 24.3 Å². The van der Waals surface area contributed by atoms with E-state index in [1.165, 1.54) is 5.69 Å². The fourth-order valence-corrected chi connectivity index (χ4v) is 5.35. The van der Waals surface area contributed by atoms with Gasteiger partial charge < -0.3 is 15.0 Å². The third-order valence-electron chi connectivity index (χ3n) is 6.22. The summed E-state index contributed by atoms with van der Waals surface area (Å²) in [5, 5.41) is 3.57. The highest BCUT2D eigenvalue weighted by atomic mass is 32.2. The molecule has 2 N–H and O–H groups in total. The molecule has 0 unspecified atom stereocenters. The Labute approximate surface area is 182 Å². The van der Waals surface area contributed by atoms with Gasteiger partial charge in [-0.25, -0.2) is 13.1 Å². The molecule has 1 aromatic rings. The number of hydrogen-bond acceptors (Lipinski definition) is 5. The van der Waals surface area contributed by atoms with Crippen molar-refractivity contribution in [2.24, 2.45) is 5.92 Å². The summed E-state index contributed by atoms with van der Waals surface area (Å²) in [6, 6.07) is 8.76. The molecule has 1 aliphatic heterocycles. The molecule has 30 heavy (non-hydrogen) atoms. The molecule has 170 valence electrons. The summed E-state index contributed by atoms with van der Waals surface area (Å²) in [4.78, 5) is 2.39. The normalized spacial score (nSPS) is 28.4. The van der Waals surface area contributed by atoms with Crippen molar-refractivity contribution in [3.63, 3.8) is 0 Å². The summed E-state index contributed by atoms with van der Waals surface area (Å²) in [6.07, 6.45) is 4.43. The van der Waals surface area contributed by atoms with E-state index < -0.39 is 14.8 Å². The third kappa shape index (κ3) is 6.11. The largest absolute Gasteiger partial charge is 0.385 e. The van der Waals surface area contributed by atoms with Gasteiger partial charge in [-0.05, 0) is 90.5 Å². The summed E-state index contributed by atoms with van der Waals surface area (Å²) in [5.41, 5.74) is 2.39. The molecule has 0 radical (unpaired) electrons. The molecule has 1 heterocycles. The van der Waals surface area contributed by atoms with Crippen LogP contribution in [0, 0.1) is 5.92 Å². The lowest BCUT2D eigenvalue weighted by Crippen LogP contribution is -2.46. The maximum Gasteiger partial charge on any atom is 0.216 e. The van der Waals surface area contributed by atoms with Crippen LogP contribution in [0.25, 0.3) is 0 Å². The van der Waals surface area contributed by atoms with Crippen molar-refractivity contribution in [3.05, 3.63) is 24.3 Å². The summed E-state index contributed by atoms with van der Waals surface area (Å²) >= 11 is 0. The Morgan fingerprint density at radius 3 is 2.10 bits per heavy atom. The number of benzene rings is 1. The summed E-state index contributed by atoms with van der Waals surface area (Å²) in [7, 11) is -3.27. The van der Waals surface area contributed by atoms with Crippen LogP contribution < -0.4 is 14.9 Å². The quantitative estimate of drug-likeness (QED) is 0.704. The Bertz CT molecular complexity index is 771. The van der Waals surface area contributed by atoms with E-state index in [4.69, 9.17) is 4.74 Å². The van der Waals surface area contributed by atoms with Crippen molar-refractivity contribution in [2.45, 2.75) is 83.3 Å². The zero-order valence-electron chi connectivity index (χ0n) is 19.1. The van der Waals surface area contributed by atoms with Gasteiger partial charge in [0.25, 0.3) is 0 Å². The topological polar surface area (TPSA) is 70.7 Å². The van der Waals surface area contributed by atoms with Gasteiger partial charge >= 0.3 is 0 Å². The molecular weight excluding hydrogens is 398 g/mol. The molecule has 2 aliphatic rings. The number of rotatable bonds is 6. The van der Waals surface area contributed by atoms with E-state index in [9.17, 15) is 8.42 Å². The number of hydrogen-bond donors (Lipinski definition) is 2. The van der Waals surface area contributed by atoms with Crippen molar-refractivity contribution in [1.29, 1.82) is 0 Å². The molecule has 2 atom stereocenters. The summed E-state index contributed by atoms with van der Waals surface area (Å²) < 4.78 is 32.7. The van der Waals surface area contributed by atoms with Crippen LogP contribution in [0.2, 0.25) is 0 Å². The zero-order valence-corrected chi connectivity index (χ0v) is 20.0. The van der Waals surface area contributed by atoms with Crippen LogP contribution in [0.5, 0.6) is 0 Å². The minimum absolute atomic E-state index is 0.0723. The van der Waals surface area contributed by atoms with Gasteiger partial charge in [0.2, 0.25) is 10.0 Å². The zero-order chi connectivity index (χ0) is 21.9. The van der Waals surface area contributed by atoms with Gasteiger partial charge in [-0.3, -0.25) is 0 Å². The number of anilines is 2. The smallest absolute Gasteiger partial charge is 0.216 e. The van der Waals surface area contributed by atoms with Gasteiger partial charge in [0.05, 0.1) is 17.0 Å². The van der Waals surface area contributed by atoms with Crippen LogP contribution in [0.1, 0.15) is 60.3 Å². The van der Waals surface area contributed by atoms with Gasteiger partial charge in [-0.15, -0.1) is 0 Å². The predicted molar refractivity (Wildman–Crippen MR) is 125 cm³/mol. The van der Waals surface area contributed by atoms with Crippen LogP contribution in [0.3, 0.4) is 0 Å². The molecule has 2 fully saturated rings. The lowest BCUT2D eigenvalue weighted by molar-refractivity contribution is -0.00521. The summed E-state index contributed by atoms with van der Waals surface area (Å²) in [5.74, 6) is 0.584. The highest BCUT2D eigenvalue weighted by Gasteiger charge is 2.32. The molecule has 0 amide bonds. The molecule has 0 bridgehead atoms. The van der Waals surface area contributed by atoms with E-state index in [0.29, 0.717) is 5.92 Å². The number of sulfonamides is 1. The van der Waals surface area contributed by atoms with E-state index in [1.807, 2.05) is 0 Å². The predicted octanol–water partition coefficient (Wildman–Crippen LogP) is 3.99. The second-order valence-electron chi connectivity index (χ2n) is 10.0. The van der Waals surface area contributed by atoms with Gasteiger partial charge in [0, 0.05) is 37.1 Å². The first-order chi connectivity index (χ1) is 14.0. The van der Waals surface area contributed by atoms with E-state index in [2.05, 4.69) is 53.1 Å². The number of nitrogens with one attached hydrogen (secondary N) is 2. The van der Waals surface area contributed by atoms with E-state index in [0.717, 1.165) is 51.0 Å². The molecule has 1 saturated heterocycles. The monoisotopic (exact) mass is 437 g/mol. The Hall–Kier alpha value is -1.31. The first kappa shape index (κ1) is 23.4. The molecule has 0 aromatic heterocycles. The average molecular weight is 438 g/mol. The Morgan fingerprint density at radius 2 is 1.57 bits per heavy atom. The van der Waals surface area contributed by atoms with Crippen molar-refractivity contribution < 1.29 is 13.2 Å². The molecule has 1 aromatic carbocycles. The number of morpholine rings is 1.